The Morgan fingerprint density at radius 2 is 1.79 bits per heavy atom. The van der Waals surface area contributed by atoms with Crippen LogP contribution in [0.15, 0.2) is 12.1 Å². The first kappa shape index (κ1) is 15.2. The van der Waals surface area contributed by atoms with Gasteiger partial charge < -0.3 is 9.84 Å². The molecule has 1 heterocycles. The summed E-state index contributed by atoms with van der Waals surface area (Å²) in [5.41, 5.74) is -0.0568. The van der Waals surface area contributed by atoms with Crippen LogP contribution in [0.4, 0.5) is 13.2 Å². The summed E-state index contributed by atoms with van der Waals surface area (Å²) in [6.45, 7) is -0.585. The average molecular weight is 337 g/mol. The van der Waals surface area contributed by atoms with Crippen LogP contribution < -0.4 is 5.32 Å². The molecular formula is C10H7Cl3F3NO2. The highest BCUT2D eigenvalue weighted by atomic mass is 35.5. The topological polar surface area (TPSA) is 41.5 Å². The van der Waals surface area contributed by atoms with E-state index in [1.165, 1.54) is 12.1 Å². The van der Waals surface area contributed by atoms with Gasteiger partial charge in [0.05, 0.1) is 15.1 Å². The minimum Gasteiger partial charge on any atom is -0.349 e. The van der Waals surface area contributed by atoms with Gasteiger partial charge in [0.2, 0.25) is 0 Å². The van der Waals surface area contributed by atoms with E-state index in [1.807, 2.05) is 0 Å². The van der Waals surface area contributed by atoms with Gasteiger partial charge in [-0.1, -0.05) is 34.8 Å². The van der Waals surface area contributed by atoms with Gasteiger partial charge in [-0.05, 0) is 12.1 Å². The summed E-state index contributed by atoms with van der Waals surface area (Å²) in [4.78, 5) is 0. The quantitative estimate of drug-likeness (QED) is 0.773. The smallest absolute Gasteiger partial charge is 0.349 e. The molecular weight excluding hydrogens is 329 g/mol. The van der Waals surface area contributed by atoms with Crippen LogP contribution in [0.1, 0.15) is 5.56 Å². The lowest BCUT2D eigenvalue weighted by Crippen LogP contribution is -2.38. The van der Waals surface area contributed by atoms with Crippen molar-refractivity contribution in [1.29, 1.82) is 0 Å². The van der Waals surface area contributed by atoms with Gasteiger partial charge in [-0.25, -0.2) is 0 Å². The lowest BCUT2D eigenvalue weighted by molar-refractivity contribution is -0.281. The zero-order valence-electron chi connectivity index (χ0n) is 9.06. The highest BCUT2D eigenvalue weighted by Gasteiger charge is 2.51. The molecule has 1 fully saturated rings. The zero-order valence-corrected chi connectivity index (χ0v) is 11.3. The maximum Gasteiger partial charge on any atom is 0.416 e. The molecule has 106 valence electrons. The standard InChI is InChI=1S/C10H7Cl3F3NO2/c11-5-1-4(2-6(12)8(5)13)10(18)17-3-7(19-10)9(14,15)16/h1-2,7,17-18H,3H2. The molecule has 9 heteroatoms. The van der Waals surface area contributed by atoms with Crippen molar-refractivity contribution in [3.8, 4) is 0 Å². The normalized spacial score (nSPS) is 27.8. The Morgan fingerprint density at radius 1 is 1.26 bits per heavy atom. The van der Waals surface area contributed by atoms with Gasteiger partial charge in [-0.15, -0.1) is 0 Å². The van der Waals surface area contributed by atoms with E-state index in [0.717, 1.165) is 0 Å². The van der Waals surface area contributed by atoms with E-state index in [0.29, 0.717) is 0 Å². The molecule has 3 nitrogen and oxygen atoms in total. The Hall–Kier alpha value is -0.240. The second kappa shape index (κ2) is 4.95. The predicted molar refractivity (Wildman–Crippen MR) is 64.3 cm³/mol. The Kier molecular flexibility index (Phi) is 3.94. The summed E-state index contributed by atoms with van der Waals surface area (Å²) in [7, 11) is 0. The molecule has 2 unspecified atom stereocenters. The first-order chi connectivity index (χ1) is 8.63. The molecule has 0 amide bonds. The fourth-order valence-electron chi connectivity index (χ4n) is 1.62. The van der Waals surface area contributed by atoms with Crippen LogP contribution in [0.5, 0.6) is 0 Å². The van der Waals surface area contributed by atoms with Gasteiger partial charge in [-0.2, -0.15) is 13.2 Å². The van der Waals surface area contributed by atoms with Gasteiger partial charge in [0.25, 0.3) is 5.91 Å². The van der Waals surface area contributed by atoms with Crippen molar-refractivity contribution in [3.05, 3.63) is 32.8 Å². The minimum atomic E-state index is -4.59. The van der Waals surface area contributed by atoms with Crippen molar-refractivity contribution in [2.75, 3.05) is 6.54 Å². The molecule has 0 aliphatic carbocycles. The van der Waals surface area contributed by atoms with Crippen molar-refractivity contribution in [2.24, 2.45) is 0 Å². The van der Waals surface area contributed by atoms with Crippen LogP contribution in [0.3, 0.4) is 0 Å². The van der Waals surface area contributed by atoms with E-state index < -0.39 is 24.7 Å². The Balaban J connectivity index is 2.32. The maximum atomic E-state index is 12.5. The van der Waals surface area contributed by atoms with E-state index in [-0.39, 0.29) is 20.6 Å². The Labute approximate surface area is 121 Å². The molecule has 1 aromatic carbocycles. The third-order valence-electron chi connectivity index (χ3n) is 2.58. The van der Waals surface area contributed by atoms with Crippen LogP contribution in [-0.2, 0) is 10.6 Å². The molecule has 1 aromatic rings. The molecule has 2 N–H and O–H groups in total. The van der Waals surface area contributed by atoms with Gasteiger partial charge in [0, 0.05) is 12.1 Å². The predicted octanol–water partition coefficient (Wildman–Crippen LogP) is 3.30. The van der Waals surface area contributed by atoms with Gasteiger partial charge >= 0.3 is 6.18 Å². The molecule has 0 spiro atoms. The fraction of sp³-hybridized carbons (Fsp3) is 0.400. The number of rotatable bonds is 1. The van der Waals surface area contributed by atoms with Crippen LogP contribution in [0, 0.1) is 0 Å². The van der Waals surface area contributed by atoms with Crippen LogP contribution in [0.25, 0.3) is 0 Å². The number of benzene rings is 1. The van der Waals surface area contributed by atoms with E-state index in [9.17, 15) is 18.3 Å². The van der Waals surface area contributed by atoms with Crippen LogP contribution in [0.2, 0.25) is 15.1 Å². The van der Waals surface area contributed by atoms with Crippen LogP contribution >= 0.6 is 34.8 Å². The van der Waals surface area contributed by atoms with E-state index in [1.54, 1.807) is 0 Å². The largest absolute Gasteiger partial charge is 0.416 e. The lowest BCUT2D eigenvalue weighted by Gasteiger charge is -2.24. The highest BCUT2D eigenvalue weighted by molar-refractivity contribution is 6.48. The number of halogens is 6. The third kappa shape index (κ3) is 2.94. The molecule has 0 bridgehead atoms. The van der Waals surface area contributed by atoms with Gasteiger partial charge in [0.15, 0.2) is 6.10 Å². The maximum absolute atomic E-state index is 12.5. The summed E-state index contributed by atoms with van der Waals surface area (Å²) in [6.07, 6.45) is -6.71. The summed E-state index contributed by atoms with van der Waals surface area (Å²) >= 11 is 17.2. The molecule has 0 aromatic heterocycles. The zero-order chi connectivity index (χ0) is 14.4. The second-order valence-electron chi connectivity index (χ2n) is 3.93. The Bertz CT molecular complexity index is 488. The van der Waals surface area contributed by atoms with Crippen molar-refractivity contribution >= 4 is 34.8 Å². The average Bonchev–Trinajstić information content (AvgIpc) is 2.69. The van der Waals surface area contributed by atoms with Crippen molar-refractivity contribution < 1.29 is 23.0 Å². The number of hydrogen-bond acceptors (Lipinski definition) is 3. The third-order valence-corrected chi connectivity index (χ3v) is 3.78. The number of nitrogens with one attached hydrogen (secondary N) is 1. The summed E-state index contributed by atoms with van der Waals surface area (Å²) in [5.74, 6) is -2.31. The molecule has 1 aliphatic heterocycles. The van der Waals surface area contributed by atoms with Crippen LogP contribution in [-0.4, -0.2) is 23.9 Å². The van der Waals surface area contributed by atoms with Gasteiger partial charge in [-0.3, -0.25) is 5.32 Å². The van der Waals surface area contributed by atoms with Crippen molar-refractivity contribution in [2.45, 2.75) is 18.2 Å². The SMILES string of the molecule is OC1(c2cc(Cl)c(Cl)c(Cl)c2)NCC(C(F)(F)F)O1. The molecule has 2 atom stereocenters. The fourth-order valence-corrected chi connectivity index (χ4v) is 2.22. The molecule has 0 radical (unpaired) electrons. The molecule has 19 heavy (non-hydrogen) atoms. The second-order valence-corrected chi connectivity index (χ2v) is 5.12. The lowest BCUT2D eigenvalue weighted by atomic mass is 10.1. The number of ether oxygens (including phenoxy) is 1. The summed E-state index contributed by atoms with van der Waals surface area (Å²) in [6, 6.07) is 2.36. The Morgan fingerprint density at radius 3 is 2.21 bits per heavy atom. The first-order valence-electron chi connectivity index (χ1n) is 5.00. The van der Waals surface area contributed by atoms with E-state index in [4.69, 9.17) is 34.8 Å². The van der Waals surface area contributed by atoms with E-state index >= 15 is 0 Å². The highest BCUT2D eigenvalue weighted by Crippen LogP contribution is 2.38. The minimum absolute atomic E-state index is 0.00143. The van der Waals surface area contributed by atoms with Crippen molar-refractivity contribution in [3.63, 3.8) is 0 Å². The number of aliphatic hydroxyl groups is 1. The summed E-state index contributed by atoms with van der Waals surface area (Å²) < 4.78 is 42.1. The summed E-state index contributed by atoms with van der Waals surface area (Å²) in [5, 5.41) is 12.3. The van der Waals surface area contributed by atoms with Gasteiger partial charge in [0.1, 0.15) is 0 Å². The number of alkyl halides is 3. The molecule has 1 saturated heterocycles. The molecule has 0 saturated carbocycles. The van der Waals surface area contributed by atoms with Crippen molar-refractivity contribution in [1.82, 2.24) is 5.32 Å². The first-order valence-corrected chi connectivity index (χ1v) is 6.14. The monoisotopic (exact) mass is 335 g/mol. The molecule has 1 aliphatic rings. The molecule has 2 rings (SSSR count). The number of hydrogen-bond donors (Lipinski definition) is 2. The van der Waals surface area contributed by atoms with E-state index in [2.05, 4.69) is 10.1 Å².